The van der Waals surface area contributed by atoms with Gasteiger partial charge in [0, 0.05) is 5.57 Å². The van der Waals surface area contributed by atoms with Crippen LogP contribution in [0.2, 0.25) is 0 Å². The van der Waals surface area contributed by atoms with Gasteiger partial charge in [-0.25, -0.2) is 4.98 Å². The Morgan fingerprint density at radius 2 is 2.38 bits per heavy atom. The smallest absolute Gasteiger partial charge is 0.225 e. The molecule has 68 valence electrons. The summed E-state index contributed by atoms with van der Waals surface area (Å²) in [6.07, 6.45) is 8.81. The van der Waals surface area contributed by atoms with Crippen LogP contribution in [-0.2, 0) is 0 Å². The zero-order chi connectivity index (χ0) is 9.68. The van der Waals surface area contributed by atoms with Crippen LogP contribution in [0.15, 0.2) is 45.3 Å². The van der Waals surface area contributed by atoms with Crippen molar-refractivity contribution in [1.82, 2.24) is 4.98 Å². The summed E-state index contributed by atoms with van der Waals surface area (Å²) in [5, 5.41) is 0. The lowest BCUT2D eigenvalue weighted by Crippen LogP contribution is -1.78. The van der Waals surface area contributed by atoms with E-state index < -0.39 is 0 Å². The number of nitrogens with zero attached hydrogens (tertiary/aromatic N) is 1. The number of halogens is 1. The number of allylic oxidation sites excluding steroid dienone is 5. The lowest BCUT2D eigenvalue weighted by Gasteiger charge is -1.92. The maximum absolute atomic E-state index is 5.14. The molecule has 1 aromatic heterocycles. The Balaban J connectivity index is 2.92. The number of oxazole rings is 1. The van der Waals surface area contributed by atoms with Crippen molar-refractivity contribution in [3.05, 3.63) is 46.7 Å². The maximum atomic E-state index is 5.14. The number of hydrogen-bond donors (Lipinski definition) is 0. The molecule has 0 saturated carbocycles. The third kappa shape index (κ3) is 3.18. The molecule has 2 nitrogen and oxygen atoms in total. The molecule has 0 N–H and O–H groups in total. The summed E-state index contributed by atoms with van der Waals surface area (Å²) in [7, 11) is 0. The molecule has 0 aromatic carbocycles. The van der Waals surface area contributed by atoms with Crippen molar-refractivity contribution in [2.75, 3.05) is 0 Å². The van der Waals surface area contributed by atoms with Crippen LogP contribution < -0.4 is 0 Å². The predicted octanol–water partition coefficient (Wildman–Crippen LogP) is 3.58. The minimum atomic E-state index is 0.601. The van der Waals surface area contributed by atoms with E-state index in [0.29, 0.717) is 5.89 Å². The SMILES string of the molecule is C=C/C(=C\C=C(/C)I)c1ncco1. The second-order valence-corrected chi connectivity index (χ2v) is 4.12. The fourth-order valence-corrected chi connectivity index (χ4v) is 0.977. The molecule has 1 heterocycles. The lowest BCUT2D eigenvalue weighted by atomic mass is 10.2. The van der Waals surface area contributed by atoms with Crippen molar-refractivity contribution in [2.45, 2.75) is 6.92 Å². The molecule has 13 heavy (non-hydrogen) atoms. The molecule has 1 rings (SSSR count). The molecule has 0 amide bonds. The highest BCUT2D eigenvalue weighted by Crippen LogP contribution is 2.14. The minimum Gasteiger partial charge on any atom is -0.445 e. The molecule has 0 aliphatic rings. The molecular weight excluding hydrogens is 277 g/mol. The molecule has 0 saturated heterocycles. The standard InChI is InChI=1S/C10H10INO/c1-3-9(5-4-8(2)11)10-12-6-7-13-10/h3-7H,1H2,2H3/b8-4+,9-5+. The molecule has 0 spiro atoms. The average Bonchev–Trinajstić information content (AvgIpc) is 2.58. The Labute approximate surface area is 91.2 Å². The van der Waals surface area contributed by atoms with E-state index >= 15 is 0 Å². The first-order valence-electron chi connectivity index (χ1n) is 3.80. The van der Waals surface area contributed by atoms with Crippen LogP contribution in [0, 0.1) is 0 Å². The zero-order valence-corrected chi connectivity index (χ0v) is 9.48. The molecule has 0 aliphatic carbocycles. The first kappa shape index (κ1) is 10.2. The zero-order valence-electron chi connectivity index (χ0n) is 7.33. The molecule has 0 unspecified atom stereocenters. The molecule has 0 aliphatic heterocycles. The van der Waals surface area contributed by atoms with Crippen LogP contribution in [0.5, 0.6) is 0 Å². The first-order chi connectivity index (χ1) is 6.24. The molecule has 3 heteroatoms. The molecule has 0 bridgehead atoms. The van der Waals surface area contributed by atoms with Gasteiger partial charge < -0.3 is 4.42 Å². The van der Waals surface area contributed by atoms with Gasteiger partial charge in [0.25, 0.3) is 0 Å². The summed E-state index contributed by atoms with van der Waals surface area (Å²) in [5.41, 5.74) is 0.890. The van der Waals surface area contributed by atoms with E-state index in [1.54, 1.807) is 18.5 Å². The van der Waals surface area contributed by atoms with Crippen molar-refractivity contribution in [3.63, 3.8) is 0 Å². The van der Waals surface area contributed by atoms with Gasteiger partial charge in [0.05, 0.1) is 6.20 Å². The maximum Gasteiger partial charge on any atom is 0.225 e. The lowest BCUT2D eigenvalue weighted by molar-refractivity contribution is 0.543. The van der Waals surface area contributed by atoms with E-state index in [1.165, 1.54) is 3.58 Å². The van der Waals surface area contributed by atoms with E-state index in [4.69, 9.17) is 4.42 Å². The van der Waals surface area contributed by atoms with E-state index in [9.17, 15) is 0 Å². The van der Waals surface area contributed by atoms with Gasteiger partial charge in [-0.1, -0.05) is 18.7 Å². The van der Waals surface area contributed by atoms with Crippen LogP contribution >= 0.6 is 22.6 Å². The van der Waals surface area contributed by atoms with E-state index in [-0.39, 0.29) is 0 Å². The van der Waals surface area contributed by atoms with Gasteiger partial charge in [0.2, 0.25) is 5.89 Å². The Morgan fingerprint density at radius 3 is 2.85 bits per heavy atom. The van der Waals surface area contributed by atoms with Crippen molar-refractivity contribution in [1.29, 1.82) is 0 Å². The second-order valence-electron chi connectivity index (χ2n) is 2.42. The fraction of sp³-hybridized carbons (Fsp3) is 0.100. The van der Waals surface area contributed by atoms with Crippen LogP contribution in [0.25, 0.3) is 5.57 Å². The van der Waals surface area contributed by atoms with Gasteiger partial charge in [-0.05, 0) is 39.2 Å². The molecular formula is C10H10INO. The average molecular weight is 287 g/mol. The Bertz CT molecular complexity index is 332. The highest BCUT2D eigenvalue weighted by Gasteiger charge is 1.99. The van der Waals surface area contributed by atoms with Crippen LogP contribution in [0.4, 0.5) is 0 Å². The molecule has 0 fully saturated rings. The summed E-state index contributed by atoms with van der Waals surface area (Å²) < 4.78 is 6.33. The van der Waals surface area contributed by atoms with Crippen molar-refractivity contribution >= 4 is 28.2 Å². The van der Waals surface area contributed by atoms with Crippen LogP contribution in [0.1, 0.15) is 12.8 Å². The third-order valence-corrected chi connectivity index (χ3v) is 1.75. The summed E-state index contributed by atoms with van der Waals surface area (Å²) in [5.74, 6) is 0.601. The van der Waals surface area contributed by atoms with Gasteiger partial charge in [-0.15, -0.1) is 0 Å². The third-order valence-electron chi connectivity index (χ3n) is 1.39. The number of hydrogen-bond acceptors (Lipinski definition) is 2. The number of rotatable bonds is 3. The number of aromatic nitrogens is 1. The molecule has 1 aromatic rings. The highest BCUT2D eigenvalue weighted by atomic mass is 127. The van der Waals surface area contributed by atoms with Gasteiger partial charge in [0.1, 0.15) is 6.26 Å². The highest BCUT2D eigenvalue weighted by molar-refractivity contribution is 14.1. The molecule has 0 atom stereocenters. The van der Waals surface area contributed by atoms with Gasteiger partial charge in [0.15, 0.2) is 0 Å². The summed E-state index contributed by atoms with van der Waals surface area (Å²) in [6.45, 7) is 5.72. The topological polar surface area (TPSA) is 26.0 Å². The summed E-state index contributed by atoms with van der Waals surface area (Å²) in [6, 6.07) is 0. The molecule has 0 radical (unpaired) electrons. The van der Waals surface area contributed by atoms with Crippen LogP contribution in [0.3, 0.4) is 0 Å². The minimum absolute atomic E-state index is 0.601. The van der Waals surface area contributed by atoms with Gasteiger partial charge >= 0.3 is 0 Å². The van der Waals surface area contributed by atoms with Crippen molar-refractivity contribution in [2.24, 2.45) is 0 Å². The second kappa shape index (κ2) is 5.01. The van der Waals surface area contributed by atoms with E-state index in [2.05, 4.69) is 34.2 Å². The van der Waals surface area contributed by atoms with E-state index in [1.807, 2.05) is 19.1 Å². The fourth-order valence-electron chi connectivity index (χ4n) is 0.797. The Hall–Kier alpha value is -0.840. The Morgan fingerprint density at radius 1 is 1.62 bits per heavy atom. The van der Waals surface area contributed by atoms with Crippen LogP contribution in [-0.4, -0.2) is 4.98 Å². The summed E-state index contributed by atoms with van der Waals surface area (Å²) >= 11 is 2.24. The quantitative estimate of drug-likeness (QED) is 0.627. The monoisotopic (exact) mass is 287 g/mol. The van der Waals surface area contributed by atoms with E-state index in [0.717, 1.165) is 5.57 Å². The Kier molecular flexibility index (Phi) is 3.95. The first-order valence-corrected chi connectivity index (χ1v) is 4.88. The normalized spacial score (nSPS) is 13.1. The largest absolute Gasteiger partial charge is 0.445 e. The summed E-state index contributed by atoms with van der Waals surface area (Å²) in [4.78, 5) is 4.03. The van der Waals surface area contributed by atoms with Gasteiger partial charge in [-0.2, -0.15) is 0 Å². The van der Waals surface area contributed by atoms with Crippen molar-refractivity contribution in [3.8, 4) is 0 Å². The van der Waals surface area contributed by atoms with Crippen molar-refractivity contribution < 1.29 is 4.42 Å². The van der Waals surface area contributed by atoms with Gasteiger partial charge in [-0.3, -0.25) is 0 Å². The predicted molar refractivity (Wildman–Crippen MR) is 62.5 cm³/mol.